The van der Waals surface area contributed by atoms with Gasteiger partial charge in [-0.05, 0) is 36.5 Å². The predicted octanol–water partition coefficient (Wildman–Crippen LogP) is 3.19. The van der Waals surface area contributed by atoms with Crippen LogP contribution in [0, 0.1) is 12.7 Å². The number of rotatable bonds is 4. The molecule has 0 saturated heterocycles. The molecule has 1 rings (SSSR count). The van der Waals surface area contributed by atoms with Crippen molar-refractivity contribution in [2.45, 2.75) is 32.6 Å². The van der Waals surface area contributed by atoms with Crippen molar-refractivity contribution in [1.82, 2.24) is 0 Å². The third-order valence-corrected chi connectivity index (χ3v) is 2.76. The number of carbonyl (C=O) groups excluding carboxylic acids is 1. The van der Waals surface area contributed by atoms with E-state index in [9.17, 15) is 9.18 Å². The molecule has 0 heterocycles. The van der Waals surface area contributed by atoms with Crippen LogP contribution in [0.3, 0.4) is 0 Å². The zero-order valence-corrected chi connectivity index (χ0v) is 9.92. The molecule has 0 radical (unpaired) electrons. The molecular formula is C13H17FO2. The smallest absolute Gasteiger partial charge is 0.305 e. The van der Waals surface area contributed by atoms with Crippen LogP contribution in [-0.2, 0) is 9.53 Å². The van der Waals surface area contributed by atoms with Crippen molar-refractivity contribution < 1.29 is 13.9 Å². The Labute approximate surface area is 95.4 Å². The molecule has 2 nitrogen and oxygen atoms in total. The molecule has 16 heavy (non-hydrogen) atoms. The van der Waals surface area contributed by atoms with E-state index in [1.165, 1.54) is 13.2 Å². The van der Waals surface area contributed by atoms with E-state index in [1.54, 1.807) is 13.0 Å². The van der Waals surface area contributed by atoms with Crippen LogP contribution in [0.4, 0.5) is 4.39 Å². The quantitative estimate of drug-likeness (QED) is 0.734. The van der Waals surface area contributed by atoms with Crippen molar-refractivity contribution in [3.05, 3.63) is 35.1 Å². The van der Waals surface area contributed by atoms with Gasteiger partial charge >= 0.3 is 5.97 Å². The standard InChI is InChI=1S/C13H17FO2/c1-9(4-7-13(15)16-3)11-5-6-12(14)10(2)8-11/h5-6,8-9H,4,7H2,1-3H3. The topological polar surface area (TPSA) is 26.3 Å². The Kier molecular flexibility index (Phi) is 4.47. The van der Waals surface area contributed by atoms with E-state index in [1.807, 2.05) is 13.0 Å². The largest absolute Gasteiger partial charge is 0.469 e. The number of hydrogen-bond acceptors (Lipinski definition) is 2. The van der Waals surface area contributed by atoms with Gasteiger partial charge < -0.3 is 4.74 Å². The molecule has 88 valence electrons. The second-order valence-electron chi connectivity index (χ2n) is 4.02. The fourth-order valence-corrected chi connectivity index (χ4v) is 1.58. The van der Waals surface area contributed by atoms with Gasteiger partial charge in [-0.15, -0.1) is 0 Å². The molecule has 0 spiro atoms. The summed E-state index contributed by atoms with van der Waals surface area (Å²) in [6, 6.07) is 5.07. The summed E-state index contributed by atoms with van der Waals surface area (Å²) >= 11 is 0. The Morgan fingerprint density at radius 2 is 2.19 bits per heavy atom. The first-order valence-corrected chi connectivity index (χ1v) is 5.37. The van der Waals surface area contributed by atoms with Crippen LogP contribution in [0.5, 0.6) is 0 Å². The summed E-state index contributed by atoms with van der Waals surface area (Å²) in [5, 5.41) is 0. The van der Waals surface area contributed by atoms with Crippen LogP contribution in [0.25, 0.3) is 0 Å². The van der Waals surface area contributed by atoms with Crippen LogP contribution in [0.15, 0.2) is 18.2 Å². The lowest BCUT2D eigenvalue weighted by molar-refractivity contribution is -0.140. The Bertz CT molecular complexity index is 374. The minimum atomic E-state index is -0.203. The molecule has 0 bridgehead atoms. The lowest BCUT2D eigenvalue weighted by Crippen LogP contribution is -2.03. The molecule has 0 aliphatic heterocycles. The first-order chi connectivity index (χ1) is 7.54. The fraction of sp³-hybridized carbons (Fsp3) is 0.462. The third-order valence-electron chi connectivity index (χ3n) is 2.76. The second-order valence-corrected chi connectivity index (χ2v) is 4.02. The summed E-state index contributed by atoms with van der Waals surface area (Å²) in [5.74, 6) is -0.159. The van der Waals surface area contributed by atoms with E-state index in [4.69, 9.17) is 0 Å². The summed E-state index contributed by atoms with van der Waals surface area (Å²) in [6.45, 7) is 3.77. The predicted molar refractivity (Wildman–Crippen MR) is 60.8 cm³/mol. The van der Waals surface area contributed by atoms with Crippen molar-refractivity contribution in [3.8, 4) is 0 Å². The summed E-state index contributed by atoms with van der Waals surface area (Å²) < 4.78 is 17.6. The van der Waals surface area contributed by atoms with Crippen LogP contribution in [0.2, 0.25) is 0 Å². The van der Waals surface area contributed by atoms with Crippen LogP contribution in [-0.4, -0.2) is 13.1 Å². The first-order valence-electron chi connectivity index (χ1n) is 5.37. The third kappa shape index (κ3) is 3.33. The van der Waals surface area contributed by atoms with Crippen molar-refractivity contribution in [1.29, 1.82) is 0 Å². The Hall–Kier alpha value is -1.38. The van der Waals surface area contributed by atoms with Gasteiger partial charge in [0.25, 0.3) is 0 Å². The molecule has 1 unspecified atom stereocenters. The normalized spacial score (nSPS) is 12.2. The van der Waals surface area contributed by atoms with E-state index in [0.717, 1.165) is 12.0 Å². The summed E-state index contributed by atoms with van der Waals surface area (Å²) in [6.07, 6.45) is 1.12. The van der Waals surface area contributed by atoms with E-state index < -0.39 is 0 Å². The number of ether oxygens (including phenoxy) is 1. The second kappa shape index (κ2) is 5.64. The molecule has 0 amide bonds. The summed E-state index contributed by atoms with van der Waals surface area (Å²) in [4.78, 5) is 11.0. The minimum Gasteiger partial charge on any atom is -0.469 e. The molecule has 0 N–H and O–H groups in total. The monoisotopic (exact) mass is 224 g/mol. The van der Waals surface area contributed by atoms with Gasteiger partial charge in [0, 0.05) is 6.42 Å². The molecule has 3 heteroatoms. The Morgan fingerprint density at radius 1 is 1.50 bits per heavy atom. The van der Waals surface area contributed by atoms with Gasteiger partial charge in [-0.2, -0.15) is 0 Å². The number of benzene rings is 1. The summed E-state index contributed by atoms with van der Waals surface area (Å²) in [5.41, 5.74) is 1.70. The molecule has 0 saturated carbocycles. The molecule has 0 aliphatic rings. The average molecular weight is 224 g/mol. The Balaban J connectivity index is 2.62. The maximum Gasteiger partial charge on any atom is 0.305 e. The number of aryl methyl sites for hydroxylation is 1. The lowest BCUT2D eigenvalue weighted by atomic mass is 9.95. The fourth-order valence-electron chi connectivity index (χ4n) is 1.58. The average Bonchev–Trinajstić information content (AvgIpc) is 2.29. The number of esters is 1. The Morgan fingerprint density at radius 3 is 2.75 bits per heavy atom. The summed E-state index contributed by atoms with van der Waals surface area (Å²) in [7, 11) is 1.38. The van der Waals surface area contributed by atoms with E-state index in [0.29, 0.717) is 12.0 Å². The lowest BCUT2D eigenvalue weighted by Gasteiger charge is -2.12. The van der Waals surface area contributed by atoms with Crippen molar-refractivity contribution >= 4 is 5.97 Å². The molecule has 0 fully saturated rings. The zero-order valence-electron chi connectivity index (χ0n) is 9.92. The highest BCUT2D eigenvalue weighted by molar-refractivity contribution is 5.69. The van der Waals surface area contributed by atoms with E-state index in [-0.39, 0.29) is 17.7 Å². The molecular weight excluding hydrogens is 207 g/mol. The van der Waals surface area contributed by atoms with Crippen LogP contribution >= 0.6 is 0 Å². The van der Waals surface area contributed by atoms with Crippen LogP contribution in [0.1, 0.15) is 36.8 Å². The van der Waals surface area contributed by atoms with E-state index in [2.05, 4.69) is 4.74 Å². The molecule has 1 atom stereocenters. The zero-order chi connectivity index (χ0) is 12.1. The highest BCUT2D eigenvalue weighted by atomic mass is 19.1. The first kappa shape index (κ1) is 12.7. The number of carbonyl (C=O) groups is 1. The number of methoxy groups -OCH3 is 1. The van der Waals surface area contributed by atoms with Gasteiger partial charge in [-0.1, -0.05) is 19.1 Å². The van der Waals surface area contributed by atoms with Gasteiger partial charge in [0.1, 0.15) is 5.82 Å². The highest BCUT2D eigenvalue weighted by Crippen LogP contribution is 2.22. The number of hydrogen-bond donors (Lipinski definition) is 0. The van der Waals surface area contributed by atoms with E-state index >= 15 is 0 Å². The van der Waals surface area contributed by atoms with Gasteiger partial charge in [-0.3, -0.25) is 4.79 Å². The highest BCUT2D eigenvalue weighted by Gasteiger charge is 2.10. The van der Waals surface area contributed by atoms with Gasteiger partial charge in [-0.25, -0.2) is 4.39 Å². The molecule has 0 aliphatic carbocycles. The van der Waals surface area contributed by atoms with Gasteiger partial charge in [0.05, 0.1) is 7.11 Å². The molecule has 1 aromatic carbocycles. The number of halogens is 1. The van der Waals surface area contributed by atoms with Gasteiger partial charge in [0.2, 0.25) is 0 Å². The molecule has 0 aromatic heterocycles. The van der Waals surface area contributed by atoms with Crippen molar-refractivity contribution in [3.63, 3.8) is 0 Å². The molecule has 1 aromatic rings. The van der Waals surface area contributed by atoms with Gasteiger partial charge in [0.15, 0.2) is 0 Å². The minimum absolute atomic E-state index is 0.191. The maximum atomic E-state index is 13.1. The SMILES string of the molecule is COC(=O)CCC(C)c1ccc(F)c(C)c1. The van der Waals surface area contributed by atoms with Crippen LogP contribution < -0.4 is 0 Å². The maximum absolute atomic E-state index is 13.1. The van der Waals surface area contributed by atoms with Crippen molar-refractivity contribution in [2.75, 3.05) is 7.11 Å². The van der Waals surface area contributed by atoms with Crippen molar-refractivity contribution in [2.24, 2.45) is 0 Å².